The number of nitrogens with one attached hydrogen (secondary N) is 1. The van der Waals surface area contributed by atoms with Crippen molar-refractivity contribution in [3.63, 3.8) is 0 Å². The molecule has 0 saturated carbocycles. The Labute approximate surface area is 91.1 Å². The van der Waals surface area contributed by atoms with E-state index in [1.807, 2.05) is 17.9 Å². The van der Waals surface area contributed by atoms with Crippen molar-refractivity contribution in [3.05, 3.63) is 11.9 Å². The van der Waals surface area contributed by atoms with E-state index in [0.29, 0.717) is 5.92 Å². The van der Waals surface area contributed by atoms with E-state index < -0.39 is 0 Å². The third-order valence-corrected chi connectivity index (χ3v) is 3.21. The summed E-state index contributed by atoms with van der Waals surface area (Å²) in [6.45, 7) is 5.65. The lowest BCUT2D eigenvalue weighted by Crippen LogP contribution is -2.39. The van der Waals surface area contributed by atoms with Crippen LogP contribution < -0.4 is 5.32 Å². The first-order valence-corrected chi connectivity index (χ1v) is 5.74. The van der Waals surface area contributed by atoms with Crippen molar-refractivity contribution in [1.82, 2.24) is 20.3 Å². The average Bonchev–Trinajstić information content (AvgIpc) is 2.73. The van der Waals surface area contributed by atoms with E-state index in [1.54, 1.807) is 0 Å². The Balaban J connectivity index is 2.30. The van der Waals surface area contributed by atoms with Gasteiger partial charge in [0.2, 0.25) is 0 Å². The van der Waals surface area contributed by atoms with Crippen LogP contribution in [0.15, 0.2) is 6.20 Å². The predicted molar refractivity (Wildman–Crippen MR) is 59.4 cm³/mol. The van der Waals surface area contributed by atoms with Gasteiger partial charge in [-0.25, -0.2) is 0 Å². The Morgan fingerprint density at radius 1 is 1.60 bits per heavy atom. The van der Waals surface area contributed by atoms with Crippen molar-refractivity contribution in [2.24, 2.45) is 13.0 Å². The second-order valence-electron chi connectivity index (χ2n) is 4.95. The normalized spacial score (nSPS) is 26.4. The average molecular weight is 208 g/mol. The van der Waals surface area contributed by atoms with E-state index >= 15 is 0 Å². The quantitative estimate of drug-likeness (QED) is 0.817. The van der Waals surface area contributed by atoms with Gasteiger partial charge >= 0.3 is 0 Å². The molecule has 0 aliphatic carbocycles. The van der Waals surface area contributed by atoms with Crippen LogP contribution in [-0.4, -0.2) is 21.5 Å². The molecule has 15 heavy (non-hydrogen) atoms. The van der Waals surface area contributed by atoms with Crippen molar-refractivity contribution in [2.45, 2.75) is 38.6 Å². The number of nitrogens with zero attached hydrogens (tertiary/aromatic N) is 3. The minimum Gasteiger partial charge on any atom is -0.306 e. The summed E-state index contributed by atoms with van der Waals surface area (Å²) in [5, 5.41) is 11.7. The van der Waals surface area contributed by atoms with Crippen LogP contribution in [0.3, 0.4) is 0 Å². The Morgan fingerprint density at radius 2 is 2.40 bits per heavy atom. The van der Waals surface area contributed by atoms with Gasteiger partial charge in [-0.1, -0.05) is 19.1 Å². The first-order valence-electron chi connectivity index (χ1n) is 5.74. The maximum Gasteiger partial charge on any atom is 0.0784 e. The lowest BCUT2D eigenvalue weighted by molar-refractivity contribution is 0.292. The molecule has 1 N–H and O–H groups in total. The number of rotatable bonds is 3. The van der Waals surface area contributed by atoms with Gasteiger partial charge in [-0.3, -0.25) is 4.68 Å². The number of aromatic nitrogens is 3. The highest BCUT2D eigenvalue weighted by molar-refractivity contribution is 5.14. The smallest absolute Gasteiger partial charge is 0.0784 e. The Kier molecular flexibility index (Phi) is 2.78. The van der Waals surface area contributed by atoms with Crippen molar-refractivity contribution in [1.29, 1.82) is 0 Å². The van der Waals surface area contributed by atoms with Crippen LogP contribution in [0.1, 0.15) is 38.8 Å². The van der Waals surface area contributed by atoms with Crippen molar-refractivity contribution in [2.75, 3.05) is 6.54 Å². The number of hydrogen-bond donors (Lipinski definition) is 1. The fourth-order valence-corrected chi connectivity index (χ4v) is 2.72. The summed E-state index contributed by atoms with van der Waals surface area (Å²) in [4.78, 5) is 0. The van der Waals surface area contributed by atoms with Crippen molar-refractivity contribution >= 4 is 0 Å². The summed E-state index contributed by atoms with van der Waals surface area (Å²) in [5.74, 6) is 0.686. The lowest BCUT2D eigenvalue weighted by Gasteiger charge is -2.31. The molecular weight excluding hydrogens is 188 g/mol. The minimum atomic E-state index is 0.117. The molecule has 1 unspecified atom stereocenters. The summed E-state index contributed by atoms with van der Waals surface area (Å²) in [6, 6.07) is 0. The van der Waals surface area contributed by atoms with Gasteiger partial charge in [0.25, 0.3) is 0 Å². The first-order chi connectivity index (χ1) is 7.14. The van der Waals surface area contributed by atoms with Gasteiger partial charge in [0.15, 0.2) is 0 Å². The van der Waals surface area contributed by atoms with Gasteiger partial charge in [0.05, 0.1) is 17.4 Å². The highest BCUT2D eigenvalue weighted by atomic mass is 15.4. The molecule has 2 heterocycles. The van der Waals surface area contributed by atoms with Crippen LogP contribution >= 0.6 is 0 Å². The maximum atomic E-state index is 4.04. The fraction of sp³-hybridized carbons (Fsp3) is 0.818. The van der Waals surface area contributed by atoms with Crippen LogP contribution in [0.5, 0.6) is 0 Å². The molecule has 1 aromatic heterocycles. The van der Waals surface area contributed by atoms with Gasteiger partial charge in [-0.2, -0.15) is 0 Å². The van der Waals surface area contributed by atoms with Gasteiger partial charge in [-0.05, 0) is 31.7 Å². The first kappa shape index (κ1) is 10.6. The molecule has 1 aliphatic rings. The van der Waals surface area contributed by atoms with Crippen LogP contribution in [0, 0.1) is 5.92 Å². The Morgan fingerprint density at radius 3 is 2.87 bits per heavy atom. The molecule has 0 bridgehead atoms. The topological polar surface area (TPSA) is 42.7 Å². The zero-order chi connectivity index (χ0) is 10.9. The number of aryl methyl sites for hydroxylation is 1. The molecule has 1 aliphatic heterocycles. The summed E-state index contributed by atoms with van der Waals surface area (Å²) >= 11 is 0. The van der Waals surface area contributed by atoms with Gasteiger partial charge < -0.3 is 5.32 Å². The summed E-state index contributed by atoms with van der Waals surface area (Å²) < 4.78 is 1.90. The van der Waals surface area contributed by atoms with E-state index in [2.05, 4.69) is 29.5 Å². The van der Waals surface area contributed by atoms with Gasteiger partial charge in [0, 0.05) is 7.05 Å². The maximum absolute atomic E-state index is 4.04. The standard InChI is InChI=1S/C11H20N4/c1-9(2)7-11(5-4-6-12-11)10-8-13-14-15(10)3/h8-9,12H,4-7H2,1-3H3. The van der Waals surface area contributed by atoms with E-state index in [-0.39, 0.29) is 5.54 Å². The Hall–Kier alpha value is -0.900. The van der Waals surface area contributed by atoms with Crippen LogP contribution in [0.25, 0.3) is 0 Å². The molecular formula is C11H20N4. The second kappa shape index (κ2) is 3.93. The molecule has 0 spiro atoms. The molecule has 4 heteroatoms. The predicted octanol–water partition coefficient (Wildman–Crippen LogP) is 1.44. The highest BCUT2D eigenvalue weighted by Crippen LogP contribution is 2.35. The second-order valence-corrected chi connectivity index (χ2v) is 4.95. The monoisotopic (exact) mass is 208 g/mol. The molecule has 2 rings (SSSR count). The van der Waals surface area contributed by atoms with Crippen molar-refractivity contribution < 1.29 is 0 Å². The lowest BCUT2D eigenvalue weighted by atomic mass is 9.85. The zero-order valence-corrected chi connectivity index (χ0v) is 9.82. The fourth-order valence-electron chi connectivity index (χ4n) is 2.72. The highest BCUT2D eigenvalue weighted by Gasteiger charge is 2.38. The summed E-state index contributed by atoms with van der Waals surface area (Å²) in [6.07, 6.45) is 5.51. The molecule has 1 aromatic rings. The van der Waals surface area contributed by atoms with Crippen molar-refractivity contribution in [3.8, 4) is 0 Å². The molecule has 1 saturated heterocycles. The Bertz CT molecular complexity index is 323. The molecule has 1 atom stereocenters. The molecule has 0 aromatic carbocycles. The van der Waals surface area contributed by atoms with E-state index in [4.69, 9.17) is 0 Å². The molecule has 1 fully saturated rings. The molecule has 4 nitrogen and oxygen atoms in total. The molecule has 0 amide bonds. The van der Waals surface area contributed by atoms with Gasteiger partial charge in [-0.15, -0.1) is 5.10 Å². The van der Waals surface area contributed by atoms with E-state index in [9.17, 15) is 0 Å². The zero-order valence-electron chi connectivity index (χ0n) is 9.82. The van der Waals surface area contributed by atoms with E-state index in [0.717, 1.165) is 13.0 Å². The number of hydrogen-bond acceptors (Lipinski definition) is 3. The van der Waals surface area contributed by atoms with Crippen LogP contribution in [0.4, 0.5) is 0 Å². The summed E-state index contributed by atoms with van der Waals surface area (Å²) in [7, 11) is 1.98. The summed E-state index contributed by atoms with van der Waals surface area (Å²) in [5.41, 5.74) is 1.35. The van der Waals surface area contributed by atoms with Crippen LogP contribution in [-0.2, 0) is 12.6 Å². The third-order valence-electron chi connectivity index (χ3n) is 3.21. The molecule has 0 radical (unpaired) electrons. The largest absolute Gasteiger partial charge is 0.306 e. The minimum absolute atomic E-state index is 0.117. The third kappa shape index (κ3) is 1.91. The molecule has 84 valence electrons. The van der Waals surface area contributed by atoms with E-state index in [1.165, 1.54) is 18.5 Å². The van der Waals surface area contributed by atoms with Gasteiger partial charge in [0.1, 0.15) is 0 Å². The van der Waals surface area contributed by atoms with Crippen LogP contribution in [0.2, 0.25) is 0 Å². The SMILES string of the molecule is CC(C)CC1(c2cnnn2C)CCCN1.